The molecule has 1 aromatic heterocycles. The van der Waals surface area contributed by atoms with Gasteiger partial charge in [0, 0.05) is 13.0 Å². The summed E-state index contributed by atoms with van der Waals surface area (Å²) in [5.41, 5.74) is 5.63. The van der Waals surface area contributed by atoms with Crippen molar-refractivity contribution >= 4 is 11.9 Å². The summed E-state index contributed by atoms with van der Waals surface area (Å²) in [5.74, 6) is -0.575. The second-order valence-corrected chi connectivity index (χ2v) is 4.78. The number of furan rings is 1. The van der Waals surface area contributed by atoms with Gasteiger partial charge in [-0.25, -0.2) is 0 Å². The quantitative estimate of drug-likeness (QED) is 0.628. The zero-order valence-electron chi connectivity index (χ0n) is 11.7. The van der Waals surface area contributed by atoms with E-state index in [2.05, 4.69) is 5.32 Å². The van der Waals surface area contributed by atoms with Crippen LogP contribution in [0, 0.1) is 0 Å². The third-order valence-corrected chi connectivity index (χ3v) is 2.97. The fraction of sp³-hybridized carbons (Fsp3) is 0.538. The molecule has 1 aromatic rings. The van der Waals surface area contributed by atoms with Gasteiger partial charge >= 0.3 is 5.97 Å². The Labute approximate surface area is 117 Å². The number of rotatable bonds is 8. The summed E-state index contributed by atoms with van der Waals surface area (Å²) in [6, 6.07) is 2.71. The van der Waals surface area contributed by atoms with Crippen LogP contribution < -0.4 is 11.1 Å². The summed E-state index contributed by atoms with van der Waals surface area (Å²) in [6.07, 6.45) is 1.57. The number of likely N-dealkylation sites (N-methyl/N-ethyl adjacent to an activating group) is 1. The van der Waals surface area contributed by atoms with E-state index in [1.54, 1.807) is 12.3 Å². The Bertz CT molecular complexity index is 431. The zero-order chi connectivity index (χ0) is 15.1. The van der Waals surface area contributed by atoms with E-state index in [1.807, 2.05) is 25.1 Å². The number of carbonyl (C=O) groups is 2. The van der Waals surface area contributed by atoms with Gasteiger partial charge in [-0.05, 0) is 32.6 Å². The highest BCUT2D eigenvalue weighted by atomic mass is 16.4. The molecule has 0 bridgehead atoms. The highest BCUT2D eigenvalue weighted by Gasteiger charge is 2.20. The molecule has 0 aliphatic heterocycles. The number of carboxylic acids is 1. The minimum Gasteiger partial charge on any atom is -0.481 e. The number of amides is 1. The van der Waals surface area contributed by atoms with Crippen LogP contribution in [0.15, 0.2) is 22.8 Å². The normalized spacial score (nSPS) is 14.0. The van der Waals surface area contributed by atoms with Gasteiger partial charge in [-0.3, -0.25) is 14.5 Å². The number of nitrogens with one attached hydrogen (secondary N) is 1. The van der Waals surface area contributed by atoms with Gasteiger partial charge in [0.25, 0.3) is 0 Å². The fourth-order valence-electron chi connectivity index (χ4n) is 1.76. The van der Waals surface area contributed by atoms with Gasteiger partial charge in [-0.15, -0.1) is 0 Å². The van der Waals surface area contributed by atoms with Gasteiger partial charge in [-0.2, -0.15) is 0 Å². The standard InChI is InChI=1S/C13H21N3O4/c1-16(2)10(11-4-3-7-20-11)8-15-13(19)9(14)5-6-12(17)18/h3-4,7,9-10H,5-6,8,14H2,1-2H3,(H,15,19)(H,17,18). The Morgan fingerprint density at radius 1 is 1.50 bits per heavy atom. The molecule has 0 saturated heterocycles. The molecule has 1 heterocycles. The molecule has 0 aliphatic carbocycles. The number of carbonyl (C=O) groups excluding carboxylic acids is 1. The van der Waals surface area contributed by atoms with Crippen LogP contribution in [0.2, 0.25) is 0 Å². The van der Waals surface area contributed by atoms with Gasteiger partial charge in [0.1, 0.15) is 5.76 Å². The van der Waals surface area contributed by atoms with Crippen molar-refractivity contribution in [3.8, 4) is 0 Å². The molecule has 20 heavy (non-hydrogen) atoms. The molecule has 4 N–H and O–H groups in total. The van der Waals surface area contributed by atoms with E-state index in [9.17, 15) is 9.59 Å². The van der Waals surface area contributed by atoms with E-state index in [1.165, 1.54) is 0 Å². The SMILES string of the molecule is CN(C)C(CNC(=O)C(N)CCC(=O)O)c1ccco1. The monoisotopic (exact) mass is 283 g/mol. The van der Waals surface area contributed by atoms with Crippen molar-refractivity contribution in [2.45, 2.75) is 24.9 Å². The van der Waals surface area contributed by atoms with Gasteiger partial charge in [0.2, 0.25) is 5.91 Å². The molecule has 0 aromatic carbocycles. The van der Waals surface area contributed by atoms with E-state index in [0.717, 1.165) is 5.76 Å². The predicted octanol–water partition coefficient (Wildman–Crippen LogP) is 0.191. The number of aliphatic carboxylic acids is 1. The third-order valence-electron chi connectivity index (χ3n) is 2.97. The average Bonchev–Trinajstić information content (AvgIpc) is 2.89. The van der Waals surface area contributed by atoms with Crippen LogP contribution in [0.4, 0.5) is 0 Å². The summed E-state index contributed by atoms with van der Waals surface area (Å²) < 4.78 is 5.33. The molecule has 0 aliphatic rings. The molecule has 0 radical (unpaired) electrons. The van der Waals surface area contributed by atoms with E-state index in [4.69, 9.17) is 15.3 Å². The molecule has 0 saturated carbocycles. The van der Waals surface area contributed by atoms with E-state index in [-0.39, 0.29) is 24.8 Å². The first-order chi connectivity index (χ1) is 9.41. The van der Waals surface area contributed by atoms with E-state index in [0.29, 0.717) is 6.54 Å². The van der Waals surface area contributed by atoms with E-state index < -0.39 is 12.0 Å². The maximum absolute atomic E-state index is 11.8. The zero-order valence-corrected chi connectivity index (χ0v) is 11.7. The van der Waals surface area contributed by atoms with Crippen LogP contribution in [-0.2, 0) is 9.59 Å². The maximum Gasteiger partial charge on any atom is 0.303 e. The van der Waals surface area contributed by atoms with Crippen LogP contribution >= 0.6 is 0 Å². The Kier molecular flexibility index (Phi) is 6.20. The van der Waals surface area contributed by atoms with Crippen LogP contribution in [0.5, 0.6) is 0 Å². The van der Waals surface area contributed by atoms with Crippen molar-refractivity contribution in [1.82, 2.24) is 10.2 Å². The Balaban J connectivity index is 2.47. The molecule has 1 amide bonds. The van der Waals surface area contributed by atoms with Crippen molar-refractivity contribution in [3.05, 3.63) is 24.2 Å². The summed E-state index contributed by atoms with van der Waals surface area (Å²) in [6.45, 7) is 0.347. The molecule has 7 nitrogen and oxygen atoms in total. The first-order valence-electron chi connectivity index (χ1n) is 6.36. The van der Waals surface area contributed by atoms with Crippen LogP contribution in [0.3, 0.4) is 0 Å². The van der Waals surface area contributed by atoms with Crippen LogP contribution in [0.1, 0.15) is 24.6 Å². The second kappa shape index (κ2) is 7.66. The fourth-order valence-corrected chi connectivity index (χ4v) is 1.76. The summed E-state index contributed by atoms with van der Waals surface area (Å²) in [7, 11) is 3.76. The molecule has 2 atom stereocenters. The smallest absolute Gasteiger partial charge is 0.303 e. The summed E-state index contributed by atoms with van der Waals surface area (Å²) in [5, 5.41) is 11.3. The Morgan fingerprint density at radius 3 is 2.70 bits per heavy atom. The number of nitrogens with zero attached hydrogens (tertiary/aromatic N) is 1. The number of hydrogen-bond donors (Lipinski definition) is 3. The third kappa shape index (κ3) is 5.02. The number of hydrogen-bond acceptors (Lipinski definition) is 5. The highest BCUT2D eigenvalue weighted by Crippen LogP contribution is 2.17. The Hall–Kier alpha value is -1.86. The lowest BCUT2D eigenvalue weighted by atomic mass is 10.1. The Morgan fingerprint density at radius 2 is 2.20 bits per heavy atom. The minimum absolute atomic E-state index is 0.0966. The minimum atomic E-state index is -0.963. The molecule has 7 heteroatoms. The summed E-state index contributed by atoms with van der Waals surface area (Å²) in [4.78, 5) is 24.1. The summed E-state index contributed by atoms with van der Waals surface area (Å²) >= 11 is 0. The van der Waals surface area contributed by atoms with Crippen LogP contribution in [0.25, 0.3) is 0 Å². The first kappa shape index (κ1) is 16.2. The molecular weight excluding hydrogens is 262 g/mol. The van der Waals surface area contributed by atoms with Gasteiger partial charge in [0.05, 0.1) is 18.3 Å². The predicted molar refractivity (Wildman–Crippen MR) is 73.0 cm³/mol. The van der Waals surface area contributed by atoms with Crippen molar-refractivity contribution in [1.29, 1.82) is 0 Å². The molecule has 2 unspecified atom stereocenters. The molecule has 0 fully saturated rings. The molecular formula is C13H21N3O4. The van der Waals surface area contributed by atoms with Gasteiger partial charge < -0.3 is 20.6 Å². The molecule has 1 rings (SSSR count). The lowest BCUT2D eigenvalue weighted by molar-refractivity contribution is -0.137. The van der Waals surface area contributed by atoms with Crippen molar-refractivity contribution < 1.29 is 19.1 Å². The highest BCUT2D eigenvalue weighted by molar-refractivity contribution is 5.82. The van der Waals surface area contributed by atoms with Crippen molar-refractivity contribution in [2.75, 3.05) is 20.6 Å². The van der Waals surface area contributed by atoms with Gasteiger partial charge in [-0.1, -0.05) is 0 Å². The van der Waals surface area contributed by atoms with Crippen LogP contribution in [-0.4, -0.2) is 48.6 Å². The van der Waals surface area contributed by atoms with Gasteiger partial charge in [0.15, 0.2) is 0 Å². The lowest BCUT2D eigenvalue weighted by Gasteiger charge is -2.23. The number of carboxylic acid groups (broad SMARTS) is 1. The maximum atomic E-state index is 11.8. The lowest BCUT2D eigenvalue weighted by Crippen LogP contribution is -2.43. The molecule has 112 valence electrons. The largest absolute Gasteiger partial charge is 0.481 e. The van der Waals surface area contributed by atoms with Crippen molar-refractivity contribution in [2.24, 2.45) is 5.73 Å². The second-order valence-electron chi connectivity index (χ2n) is 4.78. The topological polar surface area (TPSA) is 109 Å². The van der Waals surface area contributed by atoms with Crippen molar-refractivity contribution in [3.63, 3.8) is 0 Å². The van der Waals surface area contributed by atoms with E-state index >= 15 is 0 Å². The number of nitrogens with two attached hydrogens (primary N) is 1. The first-order valence-corrected chi connectivity index (χ1v) is 6.36. The average molecular weight is 283 g/mol. The molecule has 0 spiro atoms.